The van der Waals surface area contributed by atoms with E-state index in [1.54, 1.807) is 36.4 Å². The van der Waals surface area contributed by atoms with Gasteiger partial charge in [-0.15, -0.1) is 0 Å². The molecule has 0 heterocycles. The van der Waals surface area contributed by atoms with Gasteiger partial charge in [0.1, 0.15) is 12.4 Å². The molecule has 0 saturated heterocycles. The monoisotopic (exact) mass is 470 g/mol. The highest BCUT2D eigenvalue weighted by molar-refractivity contribution is 5.96. The molecule has 1 atom stereocenters. The second kappa shape index (κ2) is 12.4. The summed E-state index contributed by atoms with van der Waals surface area (Å²) < 4.78 is 5.92. The molecule has 6 nitrogen and oxygen atoms in total. The first-order chi connectivity index (χ1) is 16.9. The molecule has 0 aliphatic heterocycles. The lowest BCUT2D eigenvalue weighted by Crippen LogP contribution is -2.30. The lowest BCUT2D eigenvalue weighted by Gasteiger charge is -2.22. The molecule has 2 N–H and O–H groups in total. The van der Waals surface area contributed by atoms with Crippen LogP contribution in [-0.2, 0) is 17.8 Å². The highest BCUT2D eigenvalue weighted by Gasteiger charge is 2.20. The Bertz CT molecular complexity index is 1200. The Morgan fingerprint density at radius 2 is 1.80 bits per heavy atom. The van der Waals surface area contributed by atoms with Gasteiger partial charge in [-0.2, -0.15) is 0 Å². The van der Waals surface area contributed by atoms with Crippen LogP contribution in [0.3, 0.4) is 0 Å². The molecule has 3 aromatic carbocycles. The van der Waals surface area contributed by atoms with Crippen LogP contribution in [0.2, 0.25) is 0 Å². The topological polar surface area (TPSA) is 80.0 Å². The summed E-state index contributed by atoms with van der Waals surface area (Å²) in [5.41, 5.74) is 3.47. The third kappa shape index (κ3) is 7.72. The predicted octanol–water partition coefficient (Wildman–Crippen LogP) is 6.35. The molecule has 0 radical (unpaired) electrons. The number of benzene rings is 3. The van der Waals surface area contributed by atoms with Crippen molar-refractivity contribution in [1.29, 1.82) is 0 Å². The SMILES string of the molecule is [C-]#[N+]c1cccc(COc2ccc(CCC(=O)O)c(C(=O)NC(CC(C)C)c3ccccc3)c2)c1. The summed E-state index contributed by atoms with van der Waals surface area (Å²) in [6, 6.07) is 22.0. The van der Waals surface area contributed by atoms with Gasteiger partial charge < -0.3 is 15.2 Å². The lowest BCUT2D eigenvalue weighted by atomic mass is 9.95. The Labute approximate surface area is 206 Å². The standard InChI is InChI=1S/C29H30N2O4/c1-20(2)16-27(23-9-5-4-6-10-23)31-29(34)26-18-25(14-12-22(26)13-15-28(32)33)35-19-21-8-7-11-24(17-21)30-3/h4-12,14,17-18,20,27H,13,15-16,19H2,1-2H3,(H,31,34)(H,32,33). The van der Waals surface area contributed by atoms with E-state index in [2.05, 4.69) is 24.0 Å². The number of hydrogen-bond donors (Lipinski definition) is 2. The fourth-order valence-corrected chi connectivity index (χ4v) is 3.87. The van der Waals surface area contributed by atoms with Gasteiger partial charge in [0.2, 0.25) is 0 Å². The number of carboxylic acids is 1. The van der Waals surface area contributed by atoms with Gasteiger partial charge in [0.15, 0.2) is 5.69 Å². The third-order valence-corrected chi connectivity index (χ3v) is 5.59. The maximum atomic E-state index is 13.4. The molecule has 0 fully saturated rings. The van der Waals surface area contributed by atoms with Gasteiger partial charge in [0, 0.05) is 12.0 Å². The Morgan fingerprint density at radius 1 is 1.03 bits per heavy atom. The van der Waals surface area contributed by atoms with Gasteiger partial charge in [0.05, 0.1) is 12.6 Å². The van der Waals surface area contributed by atoms with Crippen molar-refractivity contribution < 1.29 is 19.4 Å². The van der Waals surface area contributed by atoms with Gasteiger partial charge in [-0.1, -0.05) is 68.4 Å². The van der Waals surface area contributed by atoms with Gasteiger partial charge in [-0.05, 0) is 53.6 Å². The van der Waals surface area contributed by atoms with Crippen molar-refractivity contribution in [3.8, 4) is 5.75 Å². The van der Waals surface area contributed by atoms with E-state index in [4.69, 9.17) is 16.4 Å². The third-order valence-electron chi connectivity index (χ3n) is 5.59. The van der Waals surface area contributed by atoms with Crippen molar-refractivity contribution in [2.75, 3.05) is 0 Å². The van der Waals surface area contributed by atoms with Crippen LogP contribution in [0.4, 0.5) is 5.69 Å². The molecule has 0 bridgehead atoms. The highest BCUT2D eigenvalue weighted by Crippen LogP contribution is 2.25. The number of carbonyl (C=O) groups is 2. The number of carbonyl (C=O) groups excluding carboxylic acids is 1. The van der Waals surface area contributed by atoms with Crippen molar-refractivity contribution >= 4 is 17.6 Å². The van der Waals surface area contributed by atoms with Gasteiger partial charge >= 0.3 is 5.97 Å². The van der Waals surface area contributed by atoms with Crippen LogP contribution in [0.5, 0.6) is 5.75 Å². The van der Waals surface area contributed by atoms with Crippen molar-refractivity contribution in [2.45, 2.75) is 45.8 Å². The molecule has 3 rings (SSSR count). The normalized spacial score (nSPS) is 11.5. The minimum absolute atomic E-state index is 0.0714. The van der Waals surface area contributed by atoms with E-state index in [0.717, 1.165) is 17.5 Å². The number of aliphatic carboxylic acids is 1. The van der Waals surface area contributed by atoms with Gasteiger partial charge in [-0.25, -0.2) is 4.85 Å². The van der Waals surface area contributed by atoms with Crippen LogP contribution in [0.15, 0.2) is 72.8 Å². The number of ether oxygens (including phenoxy) is 1. The first-order valence-corrected chi connectivity index (χ1v) is 11.7. The molecule has 1 unspecified atom stereocenters. The predicted molar refractivity (Wildman–Crippen MR) is 136 cm³/mol. The lowest BCUT2D eigenvalue weighted by molar-refractivity contribution is -0.136. The molecule has 0 spiro atoms. The Kier molecular flexibility index (Phi) is 9.02. The highest BCUT2D eigenvalue weighted by atomic mass is 16.5. The van der Waals surface area contributed by atoms with E-state index in [-0.39, 0.29) is 31.4 Å². The van der Waals surface area contributed by atoms with E-state index in [0.29, 0.717) is 28.5 Å². The molecule has 0 aliphatic rings. The largest absolute Gasteiger partial charge is 0.489 e. The molecule has 0 aromatic heterocycles. The van der Waals surface area contributed by atoms with Crippen molar-refractivity contribution in [3.63, 3.8) is 0 Å². The number of amides is 1. The minimum Gasteiger partial charge on any atom is -0.489 e. The van der Waals surface area contributed by atoms with Crippen LogP contribution in [0.1, 0.15) is 59.8 Å². The van der Waals surface area contributed by atoms with E-state index >= 15 is 0 Å². The van der Waals surface area contributed by atoms with E-state index in [1.807, 2.05) is 36.4 Å². The average molecular weight is 471 g/mol. The maximum absolute atomic E-state index is 13.4. The molecule has 35 heavy (non-hydrogen) atoms. The number of nitrogens with one attached hydrogen (secondary N) is 1. The molecule has 6 heteroatoms. The summed E-state index contributed by atoms with van der Waals surface area (Å²) in [4.78, 5) is 28.0. The first-order valence-electron chi connectivity index (χ1n) is 11.7. The first kappa shape index (κ1) is 25.5. The molecule has 0 aliphatic carbocycles. The smallest absolute Gasteiger partial charge is 0.303 e. The number of hydrogen-bond acceptors (Lipinski definition) is 3. The summed E-state index contributed by atoms with van der Waals surface area (Å²) in [7, 11) is 0. The minimum atomic E-state index is -0.918. The summed E-state index contributed by atoms with van der Waals surface area (Å²) in [6.07, 6.45) is 0.942. The number of rotatable bonds is 11. The number of aryl methyl sites for hydroxylation is 1. The molecule has 1 amide bonds. The van der Waals surface area contributed by atoms with E-state index in [1.165, 1.54) is 0 Å². The fourth-order valence-electron chi connectivity index (χ4n) is 3.87. The zero-order chi connectivity index (χ0) is 25.2. The Balaban J connectivity index is 1.85. The summed E-state index contributed by atoms with van der Waals surface area (Å²) in [5, 5.41) is 12.3. The van der Waals surface area contributed by atoms with Crippen molar-refractivity contribution in [2.24, 2.45) is 5.92 Å². The molecular weight excluding hydrogens is 440 g/mol. The van der Waals surface area contributed by atoms with Crippen LogP contribution in [0.25, 0.3) is 4.85 Å². The second-order valence-electron chi connectivity index (χ2n) is 8.85. The zero-order valence-electron chi connectivity index (χ0n) is 20.0. The van der Waals surface area contributed by atoms with E-state index < -0.39 is 5.97 Å². The molecular formula is C29H30N2O4. The van der Waals surface area contributed by atoms with Crippen LogP contribution in [-0.4, -0.2) is 17.0 Å². The molecule has 0 saturated carbocycles. The Hall–Kier alpha value is -4.11. The van der Waals surface area contributed by atoms with Gasteiger partial charge in [0.25, 0.3) is 5.91 Å². The van der Waals surface area contributed by atoms with Crippen molar-refractivity contribution in [1.82, 2.24) is 5.32 Å². The van der Waals surface area contributed by atoms with Crippen LogP contribution >= 0.6 is 0 Å². The fraction of sp³-hybridized carbons (Fsp3) is 0.276. The average Bonchev–Trinajstić information content (AvgIpc) is 2.86. The number of carboxylic acid groups (broad SMARTS) is 1. The van der Waals surface area contributed by atoms with Gasteiger partial charge in [-0.3, -0.25) is 9.59 Å². The Morgan fingerprint density at radius 3 is 2.49 bits per heavy atom. The second-order valence-corrected chi connectivity index (χ2v) is 8.85. The summed E-state index contributed by atoms with van der Waals surface area (Å²) >= 11 is 0. The maximum Gasteiger partial charge on any atom is 0.303 e. The van der Waals surface area contributed by atoms with Crippen LogP contribution in [0, 0.1) is 12.5 Å². The summed E-state index contributed by atoms with van der Waals surface area (Å²) in [6.45, 7) is 11.6. The summed E-state index contributed by atoms with van der Waals surface area (Å²) in [5.74, 6) is -0.311. The quantitative estimate of drug-likeness (QED) is 0.320. The van der Waals surface area contributed by atoms with Crippen LogP contribution < -0.4 is 10.1 Å². The zero-order valence-corrected chi connectivity index (χ0v) is 20.0. The number of nitrogens with zero attached hydrogens (tertiary/aromatic N) is 1. The molecule has 3 aromatic rings. The van der Waals surface area contributed by atoms with Crippen molar-refractivity contribution in [3.05, 3.63) is 106 Å². The van der Waals surface area contributed by atoms with E-state index in [9.17, 15) is 9.59 Å². The molecule has 180 valence electrons.